The summed E-state index contributed by atoms with van der Waals surface area (Å²) in [6.45, 7) is 1.98. The summed E-state index contributed by atoms with van der Waals surface area (Å²) >= 11 is 2.23. The van der Waals surface area contributed by atoms with Gasteiger partial charge in [0.05, 0.1) is 5.52 Å². The highest BCUT2D eigenvalue weighted by atomic mass is 127. The first kappa shape index (κ1) is 7.91. The topological polar surface area (TPSA) is 25.8 Å². The van der Waals surface area contributed by atoms with Gasteiger partial charge in [0.25, 0.3) is 0 Å². The summed E-state index contributed by atoms with van der Waals surface area (Å²) in [4.78, 5) is 8.61. The quantitative estimate of drug-likeness (QED) is 0.543. The van der Waals surface area contributed by atoms with Crippen molar-refractivity contribution < 1.29 is 0 Å². The molecule has 0 unspecified atom stereocenters. The van der Waals surface area contributed by atoms with E-state index in [4.69, 9.17) is 0 Å². The summed E-state index contributed by atoms with van der Waals surface area (Å²) in [6, 6.07) is 5.97. The van der Waals surface area contributed by atoms with E-state index < -0.39 is 0 Å². The van der Waals surface area contributed by atoms with E-state index in [0.717, 1.165) is 20.3 Å². The van der Waals surface area contributed by atoms with Gasteiger partial charge in [0, 0.05) is 17.3 Å². The van der Waals surface area contributed by atoms with Crippen LogP contribution in [0.3, 0.4) is 0 Å². The van der Waals surface area contributed by atoms with Gasteiger partial charge in [-0.1, -0.05) is 0 Å². The Balaban J connectivity index is 2.89. The van der Waals surface area contributed by atoms with Crippen LogP contribution in [0.5, 0.6) is 0 Å². The summed E-state index contributed by atoms with van der Waals surface area (Å²) in [5.41, 5.74) is 2.04. The van der Waals surface area contributed by atoms with E-state index in [2.05, 4.69) is 32.6 Å². The molecule has 0 bridgehead atoms. The molecule has 0 amide bonds. The van der Waals surface area contributed by atoms with Crippen molar-refractivity contribution in [3.05, 3.63) is 33.8 Å². The van der Waals surface area contributed by atoms with Gasteiger partial charge in [-0.05, 0) is 47.7 Å². The molecule has 60 valence electrons. The number of hydrogen-bond donors (Lipinski definition) is 0. The number of fused-ring (bicyclic) bond motifs is 1. The third-order valence-corrected chi connectivity index (χ3v) is 2.50. The van der Waals surface area contributed by atoms with Gasteiger partial charge in [0.1, 0.15) is 3.70 Å². The average Bonchev–Trinajstić information content (AvgIpc) is 2.04. The Morgan fingerprint density at radius 3 is 3.08 bits per heavy atom. The molecule has 0 aliphatic carbocycles. The standard InChI is InChI=1S/C9H7IN2/c1-6-5-8-7(9(10)12-6)3-2-4-11-8/h2-5H,1H3. The maximum absolute atomic E-state index is 4.35. The van der Waals surface area contributed by atoms with Gasteiger partial charge in [-0.15, -0.1) is 0 Å². The van der Waals surface area contributed by atoms with Crippen molar-refractivity contribution in [2.24, 2.45) is 0 Å². The molecule has 0 saturated heterocycles. The van der Waals surface area contributed by atoms with Crippen LogP contribution in [0.1, 0.15) is 5.69 Å². The highest BCUT2D eigenvalue weighted by Crippen LogP contribution is 2.17. The lowest BCUT2D eigenvalue weighted by atomic mass is 10.2. The van der Waals surface area contributed by atoms with Gasteiger partial charge in [-0.3, -0.25) is 4.98 Å². The molecule has 0 spiro atoms. The Morgan fingerprint density at radius 1 is 1.42 bits per heavy atom. The molecular weight excluding hydrogens is 263 g/mol. The zero-order chi connectivity index (χ0) is 8.55. The first-order valence-corrected chi connectivity index (χ1v) is 4.73. The van der Waals surface area contributed by atoms with Crippen LogP contribution in [0.15, 0.2) is 24.4 Å². The van der Waals surface area contributed by atoms with E-state index in [1.807, 2.05) is 25.1 Å². The fourth-order valence-electron chi connectivity index (χ4n) is 1.15. The molecule has 0 N–H and O–H groups in total. The minimum Gasteiger partial charge on any atom is -0.256 e. The largest absolute Gasteiger partial charge is 0.256 e. The molecule has 2 aromatic rings. The van der Waals surface area contributed by atoms with Gasteiger partial charge < -0.3 is 0 Å². The van der Waals surface area contributed by atoms with Crippen LogP contribution in [0, 0.1) is 10.6 Å². The number of hydrogen-bond acceptors (Lipinski definition) is 2. The maximum atomic E-state index is 4.35. The summed E-state index contributed by atoms with van der Waals surface area (Å²) in [5, 5.41) is 1.13. The van der Waals surface area contributed by atoms with Gasteiger partial charge in [0.2, 0.25) is 0 Å². The van der Waals surface area contributed by atoms with Crippen molar-refractivity contribution in [2.45, 2.75) is 6.92 Å². The Labute approximate surface area is 84.2 Å². The molecule has 3 heteroatoms. The normalized spacial score (nSPS) is 10.5. The highest BCUT2D eigenvalue weighted by Gasteiger charge is 1.99. The molecule has 12 heavy (non-hydrogen) atoms. The van der Waals surface area contributed by atoms with Crippen LogP contribution >= 0.6 is 22.6 Å². The molecule has 0 saturated carbocycles. The van der Waals surface area contributed by atoms with E-state index >= 15 is 0 Å². The molecule has 2 aromatic heterocycles. The number of halogens is 1. The summed E-state index contributed by atoms with van der Waals surface area (Å²) < 4.78 is 1.02. The number of aryl methyl sites for hydroxylation is 1. The second-order valence-corrected chi connectivity index (χ2v) is 3.65. The van der Waals surface area contributed by atoms with Gasteiger partial charge in [0.15, 0.2) is 0 Å². The number of rotatable bonds is 0. The van der Waals surface area contributed by atoms with Crippen LogP contribution in [0.4, 0.5) is 0 Å². The Kier molecular flexibility index (Phi) is 1.96. The van der Waals surface area contributed by atoms with Crippen molar-refractivity contribution in [2.75, 3.05) is 0 Å². The molecule has 0 aliphatic heterocycles. The number of nitrogens with zero attached hydrogens (tertiary/aromatic N) is 2. The van der Waals surface area contributed by atoms with Crippen LogP contribution in [0.25, 0.3) is 10.9 Å². The van der Waals surface area contributed by atoms with Crippen LogP contribution < -0.4 is 0 Å². The smallest absolute Gasteiger partial charge is 0.111 e. The molecule has 2 rings (SSSR count). The lowest BCUT2D eigenvalue weighted by Crippen LogP contribution is -1.88. The van der Waals surface area contributed by atoms with Gasteiger partial charge >= 0.3 is 0 Å². The number of pyridine rings is 2. The van der Waals surface area contributed by atoms with Gasteiger partial charge in [-0.2, -0.15) is 0 Å². The fraction of sp³-hybridized carbons (Fsp3) is 0.111. The van der Waals surface area contributed by atoms with Crippen molar-refractivity contribution in [3.63, 3.8) is 0 Å². The molecule has 0 fully saturated rings. The van der Waals surface area contributed by atoms with Crippen molar-refractivity contribution in [1.29, 1.82) is 0 Å². The molecule has 2 nitrogen and oxygen atoms in total. The predicted octanol–water partition coefficient (Wildman–Crippen LogP) is 2.54. The zero-order valence-electron chi connectivity index (χ0n) is 6.58. The maximum Gasteiger partial charge on any atom is 0.111 e. The average molecular weight is 270 g/mol. The minimum absolute atomic E-state index is 1.02. The number of aromatic nitrogens is 2. The molecule has 0 radical (unpaired) electrons. The molecule has 0 atom stereocenters. The first-order valence-electron chi connectivity index (χ1n) is 3.65. The Bertz CT molecular complexity index is 426. The molecular formula is C9H7IN2. The summed E-state index contributed by atoms with van der Waals surface area (Å²) in [5.74, 6) is 0. The monoisotopic (exact) mass is 270 g/mol. The van der Waals surface area contributed by atoms with Crippen molar-refractivity contribution in [1.82, 2.24) is 9.97 Å². The van der Waals surface area contributed by atoms with E-state index in [1.54, 1.807) is 6.20 Å². The summed E-state index contributed by atoms with van der Waals surface area (Å²) in [6.07, 6.45) is 1.80. The van der Waals surface area contributed by atoms with Gasteiger partial charge in [-0.25, -0.2) is 4.98 Å². The van der Waals surface area contributed by atoms with E-state index in [9.17, 15) is 0 Å². The fourth-order valence-corrected chi connectivity index (χ4v) is 1.99. The van der Waals surface area contributed by atoms with Crippen molar-refractivity contribution >= 4 is 33.5 Å². The van der Waals surface area contributed by atoms with Crippen LogP contribution in [-0.2, 0) is 0 Å². The Hall–Kier alpha value is -0.710. The first-order chi connectivity index (χ1) is 5.77. The van der Waals surface area contributed by atoms with Crippen LogP contribution in [0.2, 0.25) is 0 Å². The SMILES string of the molecule is Cc1cc2ncccc2c(I)n1. The molecule has 0 aliphatic rings. The van der Waals surface area contributed by atoms with E-state index in [1.165, 1.54) is 0 Å². The zero-order valence-corrected chi connectivity index (χ0v) is 8.74. The second-order valence-electron chi connectivity index (χ2n) is 2.62. The lowest BCUT2D eigenvalue weighted by Gasteiger charge is -1.99. The minimum atomic E-state index is 1.02. The van der Waals surface area contributed by atoms with Crippen LogP contribution in [-0.4, -0.2) is 9.97 Å². The van der Waals surface area contributed by atoms with E-state index in [-0.39, 0.29) is 0 Å². The third kappa shape index (κ3) is 1.29. The van der Waals surface area contributed by atoms with Crippen molar-refractivity contribution in [3.8, 4) is 0 Å². The predicted molar refractivity (Wildman–Crippen MR) is 57.0 cm³/mol. The van der Waals surface area contributed by atoms with E-state index in [0.29, 0.717) is 0 Å². The summed E-state index contributed by atoms with van der Waals surface area (Å²) in [7, 11) is 0. The highest BCUT2D eigenvalue weighted by molar-refractivity contribution is 14.1. The lowest BCUT2D eigenvalue weighted by molar-refractivity contribution is 1.18. The third-order valence-electron chi connectivity index (χ3n) is 1.68. The Morgan fingerprint density at radius 2 is 2.25 bits per heavy atom. The molecule has 2 heterocycles. The second kappa shape index (κ2) is 2.97. The molecule has 0 aromatic carbocycles.